The molecule has 0 atom stereocenters. The van der Waals surface area contributed by atoms with Crippen LogP contribution in [0.25, 0.3) is 10.9 Å². The lowest BCUT2D eigenvalue weighted by molar-refractivity contribution is 0.102. The number of carbonyl (C=O) groups excluding carboxylic acids is 1. The molecule has 0 unspecified atom stereocenters. The maximum atomic E-state index is 13.0. The first-order valence-corrected chi connectivity index (χ1v) is 9.41. The second-order valence-corrected chi connectivity index (χ2v) is 6.96. The predicted molar refractivity (Wildman–Crippen MR) is 120 cm³/mol. The van der Waals surface area contributed by atoms with E-state index in [-0.39, 0.29) is 5.91 Å². The van der Waals surface area contributed by atoms with E-state index in [2.05, 4.69) is 10.6 Å². The highest BCUT2D eigenvalue weighted by atomic mass is 16.1. The zero-order valence-corrected chi connectivity index (χ0v) is 16.4. The van der Waals surface area contributed by atoms with Gasteiger partial charge in [0.05, 0.1) is 11.1 Å². The summed E-state index contributed by atoms with van der Waals surface area (Å²) in [6.45, 7) is 0. The number of anilines is 4. The summed E-state index contributed by atoms with van der Waals surface area (Å²) in [4.78, 5) is 19.7. The van der Waals surface area contributed by atoms with Crippen molar-refractivity contribution in [1.82, 2.24) is 4.98 Å². The number of pyridine rings is 1. The molecular formula is C24H22N4O. The number of nitrogens with one attached hydrogen (secondary N) is 2. The van der Waals surface area contributed by atoms with Crippen molar-refractivity contribution in [2.45, 2.75) is 0 Å². The van der Waals surface area contributed by atoms with Gasteiger partial charge in [-0.1, -0.05) is 42.5 Å². The Morgan fingerprint density at radius 3 is 2.34 bits per heavy atom. The third-order valence-electron chi connectivity index (χ3n) is 4.63. The molecule has 0 aliphatic rings. The van der Waals surface area contributed by atoms with Crippen LogP contribution in [0.15, 0.2) is 84.9 Å². The Bertz CT molecular complexity index is 1160. The molecular weight excluding hydrogens is 360 g/mol. The van der Waals surface area contributed by atoms with Crippen LogP contribution in [0.4, 0.5) is 22.9 Å². The highest BCUT2D eigenvalue weighted by Gasteiger charge is 2.13. The van der Waals surface area contributed by atoms with E-state index in [9.17, 15) is 4.79 Å². The third-order valence-corrected chi connectivity index (χ3v) is 4.63. The lowest BCUT2D eigenvalue weighted by Crippen LogP contribution is -2.13. The van der Waals surface area contributed by atoms with Gasteiger partial charge in [0.15, 0.2) is 0 Å². The van der Waals surface area contributed by atoms with Crippen molar-refractivity contribution in [3.05, 3.63) is 90.5 Å². The number of nitrogens with zero attached hydrogens (tertiary/aromatic N) is 2. The van der Waals surface area contributed by atoms with Gasteiger partial charge >= 0.3 is 0 Å². The maximum Gasteiger partial charge on any atom is 0.256 e. The summed E-state index contributed by atoms with van der Waals surface area (Å²) in [5, 5.41) is 7.11. The normalized spacial score (nSPS) is 10.6. The number of hydrogen-bond donors (Lipinski definition) is 2. The molecule has 4 aromatic rings. The second kappa shape index (κ2) is 8.02. The third kappa shape index (κ3) is 4.19. The number of amides is 1. The van der Waals surface area contributed by atoms with Gasteiger partial charge in [-0.3, -0.25) is 4.79 Å². The highest BCUT2D eigenvalue weighted by Crippen LogP contribution is 2.25. The van der Waals surface area contributed by atoms with Crippen molar-refractivity contribution in [1.29, 1.82) is 0 Å². The number of fused-ring (bicyclic) bond motifs is 1. The molecule has 2 N–H and O–H groups in total. The Morgan fingerprint density at radius 2 is 1.55 bits per heavy atom. The van der Waals surface area contributed by atoms with Crippen LogP contribution in [0.1, 0.15) is 10.4 Å². The van der Waals surface area contributed by atoms with Gasteiger partial charge in [-0.05, 0) is 42.5 Å². The first-order valence-electron chi connectivity index (χ1n) is 9.41. The lowest BCUT2D eigenvalue weighted by Gasteiger charge is -2.15. The summed E-state index contributed by atoms with van der Waals surface area (Å²) in [5.41, 5.74) is 4.09. The molecule has 1 heterocycles. The summed E-state index contributed by atoms with van der Waals surface area (Å²) in [7, 11) is 4.00. The molecule has 0 radical (unpaired) electrons. The van der Waals surface area contributed by atoms with Crippen LogP contribution in [0.3, 0.4) is 0 Å². The summed E-state index contributed by atoms with van der Waals surface area (Å²) in [6.07, 6.45) is 0. The minimum Gasteiger partial charge on any atom is -0.378 e. The van der Waals surface area contributed by atoms with E-state index in [1.165, 1.54) is 0 Å². The van der Waals surface area contributed by atoms with E-state index < -0.39 is 0 Å². The number of aromatic nitrogens is 1. The fourth-order valence-corrected chi connectivity index (χ4v) is 3.16. The van der Waals surface area contributed by atoms with Crippen LogP contribution < -0.4 is 15.5 Å². The number of carbonyl (C=O) groups is 1. The molecule has 0 aliphatic heterocycles. The average molecular weight is 382 g/mol. The van der Waals surface area contributed by atoms with Gasteiger partial charge in [-0.2, -0.15) is 0 Å². The minimum atomic E-state index is -0.167. The first kappa shape index (κ1) is 18.5. The van der Waals surface area contributed by atoms with E-state index in [1.807, 2.05) is 97.9 Å². The monoisotopic (exact) mass is 382 g/mol. The van der Waals surface area contributed by atoms with E-state index in [4.69, 9.17) is 4.98 Å². The van der Waals surface area contributed by atoms with E-state index in [1.54, 1.807) is 6.07 Å². The van der Waals surface area contributed by atoms with Gasteiger partial charge in [0.25, 0.3) is 5.91 Å². The Balaban J connectivity index is 1.71. The Hall–Kier alpha value is -3.86. The van der Waals surface area contributed by atoms with Gasteiger partial charge in [-0.25, -0.2) is 4.98 Å². The van der Waals surface area contributed by atoms with Gasteiger partial charge in [0.2, 0.25) is 0 Å². The molecule has 0 fully saturated rings. The Labute approximate surface area is 170 Å². The molecule has 0 saturated carbocycles. The lowest BCUT2D eigenvalue weighted by atomic mass is 10.1. The minimum absolute atomic E-state index is 0.167. The largest absolute Gasteiger partial charge is 0.378 e. The SMILES string of the molecule is CN(C)c1cccc(Nc2cc(C(=O)Nc3ccccc3)c3ccccc3n2)c1. The molecule has 0 saturated heterocycles. The zero-order valence-electron chi connectivity index (χ0n) is 16.4. The molecule has 0 bridgehead atoms. The van der Waals surface area contributed by atoms with Crippen molar-refractivity contribution >= 4 is 39.7 Å². The van der Waals surface area contributed by atoms with E-state index >= 15 is 0 Å². The van der Waals surface area contributed by atoms with Crippen molar-refractivity contribution < 1.29 is 4.79 Å². The van der Waals surface area contributed by atoms with Crippen molar-refractivity contribution in [2.24, 2.45) is 0 Å². The quantitative estimate of drug-likeness (QED) is 0.492. The summed E-state index contributed by atoms with van der Waals surface area (Å²) in [6, 6.07) is 26.9. The van der Waals surface area contributed by atoms with Crippen LogP contribution in [0, 0.1) is 0 Å². The summed E-state index contributed by atoms with van der Waals surface area (Å²) < 4.78 is 0. The molecule has 4 rings (SSSR count). The molecule has 29 heavy (non-hydrogen) atoms. The van der Waals surface area contributed by atoms with Crippen LogP contribution in [0.5, 0.6) is 0 Å². The number of para-hydroxylation sites is 2. The second-order valence-electron chi connectivity index (χ2n) is 6.96. The van der Waals surface area contributed by atoms with Gasteiger partial charge in [0, 0.05) is 36.5 Å². The average Bonchev–Trinajstić information content (AvgIpc) is 2.74. The fourth-order valence-electron chi connectivity index (χ4n) is 3.16. The number of hydrogen-bond acceptors (Lipinski definition) is 4. The molecule has 3 aromatic carbocycles. The topological polar surface area (TPSA) is 57.3 Å². The van der Waals surface area contributed by atoms with Crippen LogP contribution in [-0.2, 0) is 0 Å². The maximum absolute atomic E-state index is 13.0. The smallest absolute Gasteiger partial charge is 0.256 e. The predicted octanol–water partition coefficient (Wildman–Crippen LogP) is 5.30. The van der Waals surface area contributed by atoms with Crippen LogP contribution in [-0.4, -0.2) is 25.0 Å². The van der Waals surface area contributed by atoms with Gasteiger partial charge in [0.1, 0.15) is 5.82 Å². The number of rotatable bonds is 5. The van der Waals surface area contributed by atoms with Crippen molar-refractivity contribution in [3.8, 4) is 0 Å². The van der Waals surface area contributed by atoms with Crippen LogP contribution in [0.2, 0.25) is 0 Å². The number of benzene rings is 3. The van der Waals surface area contributed by atoms with Crippen molar-refractivity contribution in [2.75, 3.05) is 29.6 Å². The molecule has 5 heteroatoms. The molecule has 5 nitrogen and oxygen atoms in total. The Kier molecular flexibility index (Phi) is 5.12. The highest BCUT2D eigenvalue weighted by molar-refractivity contribution is 6.13. The fraction of sp³-hybridized carbons (Fsp3) is 0.0833. The summed E-state index contributed by atoms with van der Waals surface area (Å²) >= 11 is 0. The Morgan fingerprint density at radius 1 is 0.828 bits per heavy atom. The van der Waals surface area contributed by atoms with Gasteiger partial charge in [-0.15, -0.1) is 0 Å². The van der Waals surface area contributed by atoms with Gasteiger partial charge < -0.3 is 15.5 Å². The standard InChI is InChI=1S/C24H22N4O/c1-28(2)19-12-8-11-18(15-19)25-23-16-21(20-13-6-7-14-22(20)27-23)24(29)26-17-9-4-3-5-10-17/h3-16H,1-2H3,(H,25,27)(H,26,29). The molecule has 144 valence electrons. The summed E-state index contributed by atoms with van der Waals surface area (Å²) in [5.74, 6) is 0.456. The van der Waals surface area contributed by atoms with Crippen LogP contribution >= 0.6 is 0 Å². The first-order chi connectivity index (χ1) is 14.1. The molecule has 0 aliphatic carbocycles. The molecule has 1 aromatic heterocycles. The molecule has 1 amide bonds. The molecule has 0 spiro atoms. The van der Waals surface area contributed by atoms with E-state index in [0.29, 0.717) is 11.4 Å². The zero-order chi connectivity index (χ0) is 20.2. The van der Waals surface area contributed by atoms with E-state index in [0.717, 1.165) is 28.0 Å². The van der Waals surface area contributed by atoms with Crippen molar-refractivity contribution in [3.63, 3.8) is 0 Å².